The molecule has 0 spiro atoms. The number of rotatable bonds is 4. The van der Waals surface area contributed by atoms with E-state index in [-0.39, 0.29) is 0 Å². The van der Waals surface area contributed by atoms with Gasteiger partial charge in [0.1, 0.15) is 0 Å². The van der Waals surface area contributed by atoms with Gasteiger partial charge in [0.2, 0.25) is 0 Å². The molecule has 0 aromatic carbocycles. The summed E-state index contributed by atoms with van der Waals surface area (Å²) in [7, 11) is 33.9. The molecule has 1 atom stereocenters. The van der Waals surface area contributed by atoms with Gasteiger partial charge in [0.05, 0.1) is 39.2 Å². The maximum absolute atomic E-state index is 10.8. The van der Waals surface area contributed by atoms with Gasteiger partial charge in [-0.25, -0.2) is 0 Å². The van der Waals surface area contributed by atoms with E-state index in [1.54, 1.807) is 20.8 Å². The molecule has 0 heterocycles. The molecule has 0 amide bonds. The Morgan fingerprint density at radius 3 is 1.76 bits per heavy atom. The van der Waals surface area contributed by atoms with Crippen LogP contribution in [0.1, 0.15) is 20.8 Å². The molecule has 3 nitrogen and oxygen atoms in total. The van der Waals surface area contributed by atoms with E-state index in [1.165, 1.54) is 0 Å². The minimum atomic E-state index is -2.11. The summed E-state index contributed by atoms with van der Waals surface area (Å²) in [6.45, 7) is 5.14. The van der Waals surface area contributed by atoms with Crippen LogP contribution in [0.3, 0.4) is 0 Å². The molecule has 0 aromatic heterocycles. The second-order valence-corrected chi connectivity index (χ2v) is 5.12. The van der Waals surface area contributed by atoms with Crippen molar-refractivity contribution in [2.45, 2.75) is 42.7 Å². The summed E-state index contributed by atoms with van der Waals surface area (Å²) < 4.78 is 0. The van der Waals surface area contributed by atoms with Crippen LogP contribution in [0.4, 0.5) is 0 Å². The highest BCUT2D eigenvalue weighted by Crippen LogP contribution is 2.43. The van der Waals surface area contributed by atoms with E-state index >= 15 is 0 Å². The summed E-state index contributed by atoms with van der Waals surface area (Å²) >= 11 is 0. The molecule has 0 rings (SSSR count). The summed E-state index contributed by atoms with van der Waals surface area (Å²) in [5, 5.41) is 4.70. The number of carboxylic acid groups (broad SMARTS) is 1. The zero-order valence-electron chi connectivity index (χ0n) is 10.3. The van der Waals surface area contributed by atoms with Gasteiger partial charge in [0.25, 0.3) is 5.97 Å². The van der Waals surface area contributed by atoms with Gasteiger partial charge in [-0.2, -0.15) is 0 Å². The molecular formula is C8H11B6NO2. The van der Waals surface area contributed by atoms with E-state index < -0.39 is 27.9 Å². The number of carbonyl (C=O) groups is 1. The van der Waals surface area contributed by atoms with E-state index in [0.717, 1.165) is 4.81 Å². The van der Waals surface area contributed by atoms with Crippen molar-refractivity contribution >= 4 is 53.2 Å². The summed E-state index contributed by atoms with van der Waals surface area (Å²) in [6.07, 6.45) is 0. The lowest BCUT2D eigenvalue weighted by atomic mass is 9.27. The first-order chi connectivity index (χ1) is 7.26. The maximum Gasteiger partial charge on any atom is 0.296 e. The van der Waals surface area contributed by atoms with Gasteiger partial charge in [-0.15, -0.1) is 0 Å². The van der Waals surface area contributed by atoms with E-state index in [1.807, 2.05) is 0 Å². The molecule has 78 valence electrons. The Bertz CT molecular complexity index is 301. The van der Waals surface area contributed by atoms with Crippen molar-refractivity contribution in [3.8, 4) is 0 Å². The lowest BCUT2D eigenvalue weighted by Gasteiger charge is -2.57. The van der Waals surface area contributed by atoms with Crippen LogP contribution in [-0.2, 0) is 4.79 Å². The first-order valence-electron chi connectivity index (χ1n) is 4.95. The molecule has 1 N–H and O–H groups in total. The number of carboxylic acids is 1. The predicted molar refractivity (Wildman–Crippen MR) is 72.9 cm³/mol. The summed E-state index contributed by atoms with van der Waals surface area (Å²) in [4.78, 5) is 11.8. The zero-order chi connectivity index (χ0) is 14.2. The topological polar surface area (TPSA) is 40.5 Å². The summed E-state index contributed by atoms with van der Waals surface area (Å²) in [6, 6.07) is 0. The number of hydrogen-bond donors (Lipinski definition) is 1. The van der Waals surface area contributed by atoms with Crippen molar-refractivity contribution < 1.29 is 9.90 Å². The molecule has 9 heteroatoms. The molecule has 12 radical (unpaired) electrons. The van der Waals surface area contributed by atoms with Crippen LogP contribution in [0.25, 0.3) is 0 Å². The standard InChI is InChI=1S/C8H11B6NO2/c1-6(2,3)15(14)8(12,13)7(10,11)4(9)5(16)17/h4H,1-3H3,(H,16,17). The maximum atomic E-state index is 10.8. The molecule has 17 heavy (non-hydrogen) atoms. The molecule has 0 fully saturated rings. The van der Waals surface area contributed by atoms with Crippen molar-refractivity contribution in [3.63, 3.8) is 0 Å². The van der Waals surface area contributed by atoms with Crippen LogP contribution in [0.2, 0.25) is 11.0 Å². The fourth-order valence-corrected chi connectivity index (χ4v) is 1.22. The Labute approximate surface area is 111 Å². The summed E-state index contributed by atoms with van der Waals surface area (Å²) in [5.74, 6) is -3.08. The van der Waals surface area contributed by atoms with E-state index in [0.29, 0.717) is 0 Å². The molecular weight excluding hydrogens is 207 g/mol. The molecule has 0 aliphatic carbocycles. The Balaban J connectivity index is 5.37. The van der Waals surface area contributed by atoms with Gasteiger partial charge in [0, 0.05) is 11.4 Å². The predicted octanol–water partition coefficient (Wildman–Crippen LogP) is -1.34. The van der Waals surface area contributed by atoms with Crippen molar-refractivity contribution in [1.29, 1.82) is 0 Å². The summed E-state index contributed by atoms with van der Waals surface area (Å²) in [5.41, 5.74) is -0.675. The largest absolute Gasteiger partial charge is 0.482 e. The Hall–Kier alpha value is -0.180. The zero-order valence-corrected chi connectivity index (χ0v) is 10.3. The average Bonchev–Trinajstić information content (AvgIpc) is 2.13. The lowest BCUT2D eigenvalue weighted by Crippen LogP contribution is -2.65. The Morgan fingerprint density at radius 1 is 1.18 bits per heavy atom. The van der Waals surface area contributed by atoms with Crippen LogP contribution < -0.4 is 0 Å². The second-order valence-electron chi connectivity index (χ2n) is 5.12. The van der Waals surface area contributed by atoms with Crippen LogP contribution in [0.15, 0.2) is 0 Å². The molecule has 0 aromatic rings. The highest BCUT2D eigenvalue weighted by atomic mass is 16.4. The van der Waals surface area contributed by atoms with Crippen LogP contribution >= 0.6 is 0 Å². The van der Waals surface area contributed by atoms with Crippen LogP contribution in [-0.4, -0.2) is 74.0 Å². The van der Waals surface area contributed by atoms with Crippen molar-refractivity contribution in [2.24, 2.45) is 0 Å². The third-order valence-electron chi connectivity index (χ3n) is 2.60. The highest BCUT2D eigenvalue weighted by Gasteiger charge is 2.45. The van der Waals surface area contributed by atoms with Gasteiger partial charge in [-0.1, -0.05) is 10.6 Å². The fourth-order valence-electron chi connectivity index (χ4n) is 1.22. The van der Waals surface area contributed by atoms with E-state index in [4.69, 9.17) is 52.3 Å². The lowest BCUT2D eigenvalue weighted by molar-refractivity contribution is -0.137. The van der Waals surface area contributed by atoms with Gasteiger partial charge < -0.3 is 9.92 Å². The minimum Gasteiger partial charge on any atom is -0.482 e. The Morgan fingerprint density at radius 2 is 1.53 bits per heavy atom. The SMILES string of the molecule is [B]C(C(=O)O)C([B])([B])C([B])([B])N([B])C(C)(C)C. The molecule has 0 aliphatic heterocycles. The molecule has 0 saturated carbocycles. The van der Waals surface area contributed by atoms with Crippen molar-refractivity contribution in [3.05, 3.63) is 0 Å². The van der Waals surface area contributed by atoms with E-state index in [2.05, 4.69) is 0 Å². The molecule has 1 unspecified atom stereocenters. The monoisotopic (exact) mass is 219 g/mol. The number of hydrogen-bond acceptors (Lipinski definition) is 2. The molecule has 0 saturated heterocycles. The average molecular weight is 218 g/mol. The number of nitrogens with zero attached hydrogens (tertiary/aromatic N) is 1. The molecule has 0 aliphatic rings. The molecule has 0 bridgehead atoms. The van der Waals surface area contributed by atoms with Gasteiger partial charge in [-0.05, 0) is 20.8 Å². The van der Waals surface area contributed by atoms with Gasteiger partial charge in [0.15, 0.2) is 7.98 Å². The van der Waals surface area contributed by atoms with Gasteiger partial charge >= 0.3 is 0 Å². The second kappa shape index (κ2) is 4.83. The normalized spacial score (nSPS) is 15.8. The van der Waals surface area contributed by atoms with Gasteiger partial charge in [-0.3, -0.25) is 4.79 Å². The van der Waals surface area contributed by atoms with Crippen LogP contribution in [0.5, 0.6) is 0 Å². The third kappa shape index (κ3) is 3.18. The first-order valence-corrected chi connectivity index (χ1v) is 4.95. The minimum absolute atomic E-state index is 0.675. The smallest absolute Gasteiger partial charge is 0.296 e. The van der Waals surface area contributed by atoms with Crippen LogP contribution in [0, 0.1) is 0 Å². The quantitative estimate of drug-likeness (QED) is 0.593. The van der Waals surface area contributed by atoms with Crippen molar-refractivity contribution in [2.75, 3.05) is 0 Å². The van der Waals surface area contributed by atoms with E-state index in [9.17, 15) is 4.79 Å². The third-order valence-corrected chi connectivity index (χ3v) is 2.60. The first kappa shape index (κ1) is 16.8. The number of aliphatic carboxylic acids is 1. The fraction of sp³-hybridized carbons (Fsp3) is 0.875. The highest BCUT2D eigenvalue weighted by molar-refractivity contribution is 6.58. The van der Waals surface area contributed by atoms with Crippen molar-refractivity contribution in [1.82, 2.24) is 4.81 Å². The Kier molecular flexibility index (Phi) is 4.78.